The molecule has 3 aliphatic rings. The molecule has 0 saturated carbocycles. The minimum Gasteiger partial charge on any atom is -0.504 e. The van der Waals surface area contributed by atoms with Crippen molar-refractivity contribution in [3.05, 3.63) is 98.5 Å². The maximum atomic E-state index is 15.9. The Bertz CT molecular complexity index is 2510. The summed E-state index contributed by atoms with van der Waals surface area (Å²) >= 11 is 0. The van der Waals surface area contributed by atoms with Crippen LogP contribution in [0, 0.1) is 18.6 Å². The van der Waals surface area contributed by atoms with E-state index in [9.17, 15) is 37.1 Å². The SMILES string of the molecule is Cc1ncnc(C(=O)N2CCC3(CC2)CC(C)c2c3c(=O)n3nc(-c4ccc(C5CCCN5C)cc4F)nc3n2CC(=O)Nc2ccc(C(F)(F)F)cc2F)c1O. The first kappa shape index (κ1) is 38.1. The number of halogens is 5. The maximum Gasteiger partial charge on any atom is 0.416 e. The Morgan fingerprint density at radius 3 is 2.46 bits per heavy atom. The van der Waals surface area contributed by atoms with Crippen LogP contribution in [0.15, 0.2) is 47.5 Å². The zero-order valence-electron chi connectivity index (χ0n) is 31.2. The molecular weight excluding hydrogens is 753 g/mol. The highest BCUT2D eigenvalue weighted by atomic mass is 19.4. The molecule has 5 heterocycles. The Hall–Kier alpha value is -5.78. The van der Waals surface area contributed by atoms with Gasteiger partial charge in [0.15, 0.2) is 17.3 Å². The van der Waals surface area contributed by atoms with Gasteiger partial charge in [-0.15, -0.1) is 5.10 Å². The van der Waals surface area contributed by atoms with Gasteiger partial charge in [0.1, 0.15) is 24.5 Å². The second-order valence-electron chi connectivity index (χ2n) is 15.3. The predicted octanol–water partition coefficient (Wildman–Crippen LogP) is 5.75. The van der Waals surface area contributed by atoms with E-state index < -0.39 is 58.4 Å². The average Bonchev–Trinajstić information content (AvgIpc) is 3.87. The molecule has 18 heteroatoms. The van der Waals surface area contributed by atoms with E-state index in [1.165, 1.54) is 17.0 Å². The third-order valence-electron chi connectivity index (χ3n) is 11.7. The number of likely N-dealkylation sites (tertiary alicyclic amines) is 2. The fraction of sp³-hybridized carbons (Fsp3) is 0.410. The monoisotopic (exact) mass is 791 g/mol. The molecule has 3 aromatic heterocycles. The normalized spacial score (nSPS) is 19.4. The van der Waals surface area contributed by atoms with Crippen molar-refractivity contribution in [2.45, 2.75) is 76.0 Å². The average molecular weight is 792 g/mol. The van der Waals surface area contributed by atoms with E-state index in [1.54, 1.807) is 24.0 Å². The Morgan fingerprint density at radius 1 is 1.04 bits per heavy atom. The number of carbonyl (C=O) groups is 2. The van der Waals surface area contributed by atoms with E-state index in [0.717, 1.165) is 35.5 Å². The first-order valence-electron chi connectivity index (χ1n) is 18.6. The standard InChI is InChI=1S/C39H38F5N9O4/c1-20-17-38(10-13-51(14-11-38)36(57)31-33(55)21(2)45-19-46-31)30-32(20)52(18-29(54)47-27-9-7-23(16-26(27)41)39(42,43)44)37-48-34(49-53(37)35(30)56)24-8-6-22(15-25(24)40)28-5-4-12-50(28)3/h6-9,15-16,19-20,28,55H,4-5,10-14,17-18H2,1-3H3,(H,47,54). The van der Waals surface area contributed by atoms with Crippen molar-refractivity contribution in [1.29, 1.82) is 0 Å². The highest BCUT2D eigenvalue weighted by Gasteiger charge is 2.49. The largest absolute Gasteiger partial charge is 0.504 e. The van der Waals surface area contributed by atoms with Crippen LogP contribution in [0.1, 0.15) is 89.6 Å². The first-order valence-corrected chi connectivity index (χ1v) is 18.6. The summed E-state index contributed by atoms with van der Waals surface area (Å²) < 4.78 is 72.9. The molecule has 2 fully saturated rings. The summed E-state index contributed by atoms with van der Waals surface area (Å²) in [5.74, 6) is -4.06. The fourth-order valence-corrected chi connectivity index (χ4v) is 8.88. The summed E-state index contributed by atoms with van der Waals surface area (Å²) in [6.07, 6.45) is -0.628. The van der Waals surface area contributed by atoms with E-state index >= 15 is 4.39 Å². The molecule has 57 heavy (non-hydrogen) atoms. The Balaban J connectivity index is 1.19. The van der Waals surface area contributed by atoms with Gasteiger partial charge in [-0.2, -0.15) is 22.7 Å². The van der Waals surface area contributed by atoms with Gasteiger partial charge < -0.3 is 19.9 Å². The van der Waals surface area contributed by atoms with Crippen molar-refractivity contribution < 1.29 is 36.6 Å². The van der Waals surface area contributed by atoms with Gasteiger partial charge in [-0.3, -0.25) is 19.3 Å². The van der Waals surface area contributed by atoms with Crippen LogP contribution in [0.25, 0.3) is 17.2 Å². The van der Waals surface area contributed by atoms with Gasteiger partial charge in [0.2, 0.25) is 11.7 Å². The molecule has 5 aromatic rings. The van der Waals surface area contributed by atoms with Crippen LogP contribution >= 0.6 is 0 Å². The third kappa shape index (κ3) is 6.58. The fourth-order valence-electron chi connectivity index (χ4n) is 8.88. The summed E-state index contributed by atoms with van der Waals surface area (Å²) in [5.41, 5.74) is -1.28. The third-order valence-corrected chi connectivity index (χ3v) is 11.7. The zero-order chi connectivity index (χ0) is 40.6. The number of aryl methyl sites for hydroxylation is 1. The number of anilines is 1. The molecule has 2 amide bonds. The second kappa shape index (κ2) is 14.0. The number of nitrogens with zero attached hydrogens (tertiary/aromatic N) is 8. The van der Waals surface area contributed by atoms with Gasteiger partial charge in [-0.05, 0) is 94.4 Å². The van der Waals surface area contributed by atoms with Crippen molar-refractivity contribution in [2.24, 2.45) is 0 Å². The second-order valence-corrected chi connectivity index (χ2v) is 15.3. The first-order chi connectivity index (χ1) is 27.1. The molecule has 298 valence electrons. The van der Waals surface area contributed by atoms with Crippen LogP contribution < -0.4 is 10.9 Å². The van der Waals surface area contributed by atoms with Gasteiger partial charge in [0.25, 0.3) is 11.5 Å². The Kier molecular flexibility index (Phi) is 9.36. The van der Waals surface area contributed by atoms with Gasteiger partial charge in [-0.1, -0.05) is 13.0 Å². The minimum absolute atomic E-state index is 0.0308. The lowest BCUT2D eigenvalue weighted by atomic mass is 9.73. The highest BCUT2D eigenvalue weighted by molar-refractivity contribution is 5.95. The molecule has 0 bridgehead atoms. The lowest BCUT2D eigenvalue weighted by Gasteiger charge is -2.39. The number of rotatable bonds is 6. The molecule has 2 atom stereocenters. The van der Waals surface area contributed by atoms with Crippen LogP contribution in [0.4, 0.5) is 27.6 Å². The molecule has 2 aromatic carbocycles. The number of amides is 2. The number of aromatic nitrogens is 6. The van der Waals surface area contributed by atoms with Crippen LogP contribution in [0.2, 0.25) is 0 Å². The van der Waals surface area contributed by atoms with Gasteiger partial charge in [-0.25, -0.2) is 18.7 Å². The Labute approximate surface area is 322 Å². The summed E-state index contributed by atoms with van der Waals surface area (Å²) in [4.78, 5) is 57.9. The van der Waals surface area contributed by atoms with E-state index in [0.29, 0.717) is 36.6 Å². The molecule has 2 aliphatic heterocycles. The quantitative estimate of drug-likeness (QED) is 0.205. The molecule has 1 spiro atoms. The summed E-state index contributed by atoms with van der Waals surface area (Å²) in [7, 11) is 1.97. The topological polar surface area (TPSA) is 151 Å². The van der Waals surface area contributed by atoms with Crippen LogP contribution in [0.5, 0.6) is 5.75 Å². The van der Waals surface area contributed by atoms with Crippen molar-refractivity contribution in [3.63, 3.8) is 0 Å². The van der Waals surface area contributed by atoms with Crippen molar-refractivity contribution >= 4 is 23.3 Å². The van der Waals surface area contributed by atoms with Crippen molar-refractivity contribution in [3.8, 4) is 17.1 Å². The number of carbonyl (C=O) groups excluding carboxylic acids is 2. The molecule has 13 nitrogen and oxygen atoms in total. The van der Waals surface area contributed by atoms with Crippen LogP contribution in [-0.4, -0.2) is 82.5 Å². The summed E-state index contributed by atoms with van der Waals surface area (Å²) in [6, 6.07) is 6.59. The number of piperidine rings is 1. The number of alkyl halides is 3. The van der Waals surface area contributed by atoms with Crippen LogP contribution in [-0.2, 0) is 22.9 Å². The Morgan fingerprint density at radius 2 is 1.79 bits per heavy atom. The molecular formula is C39H38F5N9O4. The maximum absolute atomic E-state index is 15.9. The van der Waals surface area contributed by atoms with E-state index in [4.69, 9.17) is 0 Å². The minimum atomic E-state index is -4.80. The molecule has 2 N–H and O–H groups in total. The number of aromatic hydroxyl groups is 1. The number of benzene rings is 2. The highest BCUT2D eigenvalue weighted by Crippen LogP contribution is 2.50. The lowest BCUT2D eigenvalue weighted by molar-refractivity contribution is -0.137. The van der Waals surface area contributed by atoms with Gasteiger partial charge >= 0.3 is 6.18 Å². The van der Waals surface area contributed by atoms with Crippen molar-refractivity contribution in [2.75, 3.05) is 32.0 Å². The van der Waals surface area contributed by atoms with Gasteiger partial charge in [0, 0.05) is 35.8 Å². The zero-order valence-corrected chi connectivity index (χ0v) is 31.2. The molecule has 8 rings (SSSR count). The van der Waals surface area contributed by atoms with Crippen LogP contribution in [0.3, 0.4) is 0 Å². The smallest absolute Gasteiger partial charge is 0.416 e. The molecule has 2 saturated heterocycles. The lowest BCUT2D eigenvalue weighted by Crippen LogP contribution is -2.46. The van der Waals surface area contributed by atoms with E-state index in [1.807, 2.05) is 14.0 Å². The van der Waals surface area contributed by atoms with E-state index in [-0.39, 0.29) is 65.4 Å². The number of fused-ring (bicyclic) bond motifs is 3. The summed E-state index contributed by atoms with van der Waals surface area (Å²) in [5, 5.41) is 17.3. The number of nitrogens with one attached hydrogen (secondary N) is 1. The van der Waals surface area contributed by atoms with E-state index in [2.05, 4.69) is 30.3 Å². The molecule has 1 aliphatic carbocycles. The molecule has 2 unspecified atom stereocenters. The number of hydrogen-bond donors (Lipinski definition) is 2. The van der Waals surface area contributed by atoms with Crippen molar-refractivity contribution in [1.82, 2.24) is 38.9 Å². The number of hydrogen-bond acceptors (Lipinski definition) is 9. The van der Waals surface area contributed by atoms with Gasteiger partial charge in [0.05, 0.1) is 22.5 Å². The molecule has 0 radical (unpaired) electrons. The summed E-state index contributed by atoms with van der Waals surface area (Å²) in [6.45, 7) is 4.18. The predicted molar refractivity (Wildman–Crippen MR) is 196 cm³/mol.